The molecule has 7 nitrogen and oxygen atoms in total. The molecular weight excluding hydrogens is 353 g/mol. The zero-order chi connectivity index (χ0) is 19.3. The number of morpholine rings is 1. The van der Waals surface area contributed by atoms with Crippen molar-refractivity contribution in [2.75, 3.05) is 25.1 Å². The van der Waals surface area contributed by atoms with Gasteiger partial charge in [0.05, 0.1) is 19.3 Å². The topological polar surface area (TPSA) is 76.6 Å². The van der Waals surface area contributed by atoms with Crippen molar-refractivity contribution in [2.45, 2.75) is 45.5 Å². The van der Waals surface area contributed by atoms with Gasteiger partial charge < -0.3 is 14.4 Å². The van der Waals surface area contributed by atoms with Crippen LogP contribution in [0.15, 0.2) is 12.1 Å². The molecule has 0 spiro atoms. The summed E-state index contributed by atoms with van der Waals surface area (Å²) < 4.78 is 49.0. The molecule has 1 N–H and O–H groups in total. The van der Waals surface area contributed by atoms with Gasteiger partial charge in [0.1, 0.15) is 0 Å². The summed E-state index contributed by atoms with van der Waals surface area (Å²) in [5.74, 6) is 0.951. The lowest BCUT2D eigenvalue weighted by atomic mass is 10.1. The van der Waals surface area contributed by atoms with E-state index in [9.17, 15) is 18.0 Å². The lowest BCUT2D eigenvalue weighted by Gasteiger charge is -2.39. The first-order valence-electron chi connectivity index (χ1n) is 8.41. The van der Waals surface area contributed by atoms with Gasteiger partial charge in [-0.25, -0.2) is 4.79 Å². The van der Waals surface area contributed by atoms with Crippen LogP contribution in [-0.2, 0) is 4.74 Å². The van der Waals surface area contributed by atoms with Crippen molar-refractivity contribution < 1.29 is 27.4 Å². The molecule has 1 aromatic rings. The SMILES string of the molecule is CC(C)CCOc1ccc(NC(=O)N2CCO[C@H](C(F)(F)F)[C@@H]2C)nn1. The van der Waals surface area contributed by atoms with Crippen LogP contribution in [0, 0.1) is 5.92 Å². The highest BCUT2D eigenvalue weighted by Gasteiger charge is 2.49. The number of amides is 2. The van der Waals surface area contributed by atoms with E-state index in [2.05, 4.69) is 29.4 Å². The number of nitrogens with zero attached hydrogens (tertiary/aromatic N) is 3. The van der Waals surface area contributed by atoms with Gasteiger partial charge in [-0.3, -0.25) is 5.32 Å². The number of carbonyl (C=O) groups is 1. The second kappa shape index (κ2) is 8.52. The molecule has 0 bridgehead atoms. The molecule has 26 heavy (non-hydrogen) atoms. The highest BCUT2D eigenvalue weighted by molar-refractivity contribution is 5.88. The van der Waals surface area contributed by atoms with E-state index in [0.717, 1.165) is 11.3 Å². The molecule has 0 aliphatic carbocycles. The Morgan fingerprint density at radius 3 is 2.73 bits per heavy atom. The van der Waals surface area contributed by atoms with Crippen molar-refractivity contribution >= 4 is 11.8 Å². The second-order valence-corrected chi connectivity index (χ2v) is 6.48. The number of anilines is 1. The summed E-state index contributed by atoms with van der Waals surface area (Å²) in [4.78, 5) is 13.4. The molecule has 2 rings (SSSR count). The Kier molecular flexibility index (Phi) is 6.63. The third-order valence-electron chi connectivity index (χ3n) is 3.96. The van der Waals surface area contributed by atoms with Crippen LogP contribution in [0.5, 0.6) is 5.88 Å². The molecule has 2 amide bonds. The molecule has 0 unspecified atom stereocenters. The monoisotopic (exact) mass is 376 g/mol. The molecule has 2 heterocycles. The van der Waals surface area contributed by atoms with Gasteiger partial charge in [-0.2, -0.15) is 13.2 Å². The van der Waals surface area contributed by atoms with Crippen molar-refractivity contribution in [2.24, 2.45) is 5.92 Å². The molecular formula is C16H23F3N4O3. The Bertz CT molecular complexity index is 595. The smallest absolute Gasteiger partial charge is 0.416 e. The molecule has 1 aromatic heterocycles. The number of hydrogen-bond donors (Lipinski definition) is 1. The Morgan fingerprint density at radius 2 is 2.15 bits per heavy atom. The van der Waals surface area contributed by atoms with Gasteiger partial charge in [0.25, 0.3) is 0 Å². The lowest BCUT2D eigenvalue weighted by Crippen LogP contribution is -2.58. The first-order chi connectivity index (χ1) is 12.2. The standard InChI is InChI=1S/C16H23F3N4O3/c1-10(2)6-8-25-13-5-4-12(21-22-13)20-15(24)23-7-9-26-14(11(23)3)16(17,18)19/h4-5,10-11,14H,6-9H2,1-3H3,(H,20,21,24)/t11-,14-/m0/s1. The summed E-state index contributed by atoms with van der Waals surface area (Å²) in [7, 11) is 0. The van der Waals surface area contributed by atoms with Gasteiger partial charge in [-0.1, -0.05) is 13.8 Å². The number of halogens is 3. The largest absolute Gasteiger partial charge is 0.477 e. The van der Waals surface area contributed by atoms with Gasteiger partial charge in [-0.05, 0) is 25.3 Å². The number of alkyl halides is 3. The summed E-state index contributed by atoms with van der Waals surface area (Å²) in [6, 6.07) is 1.21. The van der Waals surface area contributed by atoms with Crippen LogP contribution in [0.25, 0.3) is 0 Å². The number of rotatable bonds is 5. The molecule has 2 atom stereocenters. The predicted octanol–water partition coefficient (Wildman–Crippen LogP) is 3.09. The number of urea groups is 1. The highest BCUT2D eigenvalue weighted by atomic mass is 19.4. The third-order valence-corrected chi connectivity index (χ3v) is 3.96. The zero-order valence-corrected chi connectivity index (χ0v) is 14.9. The zero-order valence-electron chi connectivity index (χ0n) is 14.9. The van der Waals surface area contributed by atoms with E-state index in [-0.39, 0.29) is 19.0 Å². The number of nitrogens with one attached hydrogen (secondary N) is 1. The van der Waals surface area contributed by atoms with E-state index in [4.69, 9.17) is 9.47 Å². The summed E-state index contributed by atoms with van der Waals surface area (Å²) in [6.45, 7) is 5.82. The first kappa shape index (κ1) is 20.2. The summed E-state index contributed by atoms with van der Waals surface area (Å²) in [5.41, 5.74) is 0. The first-order valence-corrected chi connectivity index (χ1v) is 8.41. The van der Waals surface area contributed by atoms with Crippen LogP contribution in [-0.4, -0.2) is 59.2 Å². The number of ether oxygens (including phenoxy) is 2. The van der Waals surface area contributed by atoms with Crippen LogP contribution in [0.4, 0.5) is 23.8 Å². The maximum atomic E-state index is 12.9. The molecule has 146 valence electrons. The maximum absolute atomic E-state index is 12.9. The Hall–Kier alpha value is -2.10. The fraction of sp³-hybridized carbons (Fsp3) is 0.688. The van der Waals surface area contributed by atoms with Crippen molar-refractivity contribution in [1.82, 2.24) is 15.1 Å². The number of hydrogen-bond acceptors (Lipinski definition) is 5. The van der Waals surface area contributed by atoms with Crippen LogP contribution < -0.4 is 10.1 Å². The molecule has 0 radical (unpaired) electrons. The van der Waals surface area contributed by atoms with Crippen molar-refractivity contribution in [1.29, 1.82) is 0 Å². The molecule has 0 aromatic carbocycles. The van der Waals surface area contributed by atoms with Gasteiger partial charge in [0.15, 0.2) is 11.9 Å². The quantitative estimate of drug-likeness (QED) is 0.855. The Labute approximate surface area is 149 Å². The molecule has 1 aliphatic heterocycles. The highest BCUT2D eigenvalue weighted by Crippen LogP contribution is 2.30. The predicted molar refractivity (Wildman–Crippen MR) is 88.0 cm³/mol. The minimum absolute atomic E-state index is 0.0589. The van der Waals surface area contributed by atoms with Crippen LogP contribution in [0.2, 0.25) is 0 Å². The van der Waals surface area contributed by atoms with Crippen LogP contribution in [0.1, 0.15) is 27.2 Å². The van der Waals surface area contributed by atoms with E-state index in [1.807, 2.05) is 0 Å². The maximum Gasteiger partial charge on any atom is 0.416 e. The van der Waals surface area contributed by atoms with Crippen molar-refractivity contribution in [3.63, 3.8) is 0 Å². The van der Waals surface area contributed by atoms with E-state index >= 15 is 0 Å². The average molecular weight is 376 g/mol. The van der Waals surface area contributed by atoms with Crippen LogP contribution >= 0.6 is 0 Å². The van der Waals surface area contributed by atoms with Gasteiger partial charge in [-0.15, -0.1) is 10.2 Å². The molecule has 1 saturated heterocycles. The Morgan fingerprint density at radius 1 is 1.42 bits per heavy atom. The lowest BCUT2D eigenvalue weighted by molar-refractivity contribution is -0.246. The number of aromatic nitrogens is 2. The van der Waals surface area contributed by atoms with E-state index in [0.29, 0.717) is 18.4 Å². The normalized spacial score (nSPS) is 21.0. The van der Waals surface area contributed by atoms with E-state index < -0.39 is 24.4 Å². The van der Waals surface area contributed by atoms with Gasteiger partial charge >= 0.3 is 12.2 Å². The fourth-order valence-electron chi connectivity index (χ4n) is 2.48. The molecule has 0 saturated carbocycles. The molecule has 1 fully saturated rings. The molecule has 10 heteroatoms. The molecule has 1 aliphatic rings. The van der Waals surface area contributed by atoms with Crippen molar-refractivity contribution in [3.8, 4) is 5.88 Å². The van der Waals surface area contributed by atoms with E-state index in [1.165, 1.54) is 13.0 Å². The summed E-state index contributed by atoms with van der Waals surface area (Å²) >= 11 is 0. The minimum atomic E-state index is -4.53. The number of carbonyl (C=O) groups excluding carboxylic acids is 1. The van der Waals surface area contributed by atoms with Gasteiger partial charge in [0.2, 0.25) is 5.88 Å². The fourth-order valence-corrected chi connectivity index (χ4v) is 2.48. The Balaban J connectivity index is 1.92. The average Bonchev–Trinajstić information content (AvgIpc) is 2.55. The minimum Gasteiger partial charge on any atom is -0.477 e. The van der Waals surface area contributed by atoms with Crippen molar-refractivity contribution in [3.05, 3.63) is 12.1 Å². The summed E-state index contributed by atoms with van der Waals surface area (Å²) in [5, 5.41) is 10.1. The second-order valence-electron chi connectivity index (χ2n) is 6.48. The van der Waals surface area contributed by atoms with E-state index in [1.54, 1.807) is 6.07 Å². The summed E-state index contributed by atoms with van der Waals surface area (Å²) in [6.07, 6.45) is -5.67. The third kappa shape index (κ3) is 5.45. The van der Waals surface area contributed by atoms with Gasteiger partial charge in [0, 0.05) is 12.6 Å². The van der Waals surface area contributed by atoms with Crippen LogP contribution in [0.3, 0.4) is 0 Å².